The fraction of sp³-hybridized carbons (Fsp3) is 0.500. The number of anilines is 1. The van der Waals surface area contributed by atoms with Crippen LogP contribution in [0, 0.1) is 26.7 Å². The summed E-state index contributed by atoms with van der Waals surface area (Å²) in [5.74, 6) is 0.114. The van der Waals surface area contributed by atoms with E-state index in [0.717, 1.165) is 16.7 Å². The van der Waals surface area contributed by atoms with Crippen molar-refractivity contribution in [3.05, 3.63) is 64.7 Å². The minimum atomic E-state index is -4.17. The standard InChI is InChI=1S/C36H47N5O6S/c1-21(2)18-29-20-46-33-25(7)32(31-23(5)10-8-11-24(31)6)38-35(39-33)40-48(44,45)30-13-9-12-26(19-30)34(42)41(29)28-16-14-27(15-17-28)37-36(43)47-22(3)4/h8-13,19,21-22,27-29H,14-18,20H2,1-7H3,(H,37,43)(H,38,39,40)/t27?,28?,29-/m1/s1. The number of rotatable bonds is 6. The van der Waals surface area contributed by atoms with Crippen LogP contribution in [-0.4, -0.2) is 66.1 Å². The van der Waals surface area contributed by atoms with Crippen LogP contribution in [0.4, 0.5) is 10.7 Å². The molecule has 1 atom stereocenters. The number of sulfonamides is 1. The fourth-order valence-electron chi connectivity index (χ4n) is 6.76. The smallest absolute Gasteiger partial charge is 0.407 e. The lowest BCUT2D eigenvalue weighted by Crippen LogP contribution is -2.53. The molecule has 1 saturated carbocycles. The maximum Gasteiger partial charge on any atom is 0.407 e. The Balaban J connectivity index is 1.58. The third-order valence-electron chi connectivity index (χ3n) is 8.97. The molecule has 11 nitrogen and oxygen atoms in total. The summed E-state index contributed by atoms with van der Waals surface area (Å²) in [7, 11) is -4.17. The van der Waals surface area contributed by atoms with Crippen LogP contribution in [0.2, 0.25) is 0 Å². The van der Waals surface area contributed by atoms with Gasteiger partial charge in [-0.15, -0.1) is 0 Å². The van der Waals surface area contributed by atoms with E-state index in [4.69, 9.17) is 14.5 Å². The van der Waals surface area contributed by atoms with E-state index in [1.165, 1.54) is 12.1 Å². The molecule has 258 valence electrons. The van der Waals surface area contributed by atoms with E-state index in [1.807, 2.05) is 57.7 Å². The topological polar surface area (TPSA) is 140 Å². The molecule has 0 radical (unpaired) electrons. The van der Waals surface area contributed by atoms with Gasteiger partial charge in [0.25, 0.3) is 15.9 Å². The van der Waals surface area contributed by atoms with Crippen molar-refractivity contribution in [2.75, 3.05) is 11.3 Å². The van der Waals surface area contributed by atoms with Crippen molar-refractivity contribution in [2.45, 2.75) is 110 Å². The summed E-state index contributed by atoms with van der Waals surface area (Å²) >= 11 is 0. The lowest BCUT2D eigenvalue weighted by molar-refractivity contribution is 0.0348. The summed E-state index contributed by atoms with van der Waals surface area (Å²) in [5, 5.41) is 2.96. The number of ether oxygens (including phenoxy) is 2. The molecule has 0 unspecified atom stereocenters. The molecule has 2 N–H and O–H groups in total. The molecule has 4 bridgehead atoms. The van der Waals surface area contributed by atoms with Crippen LogP contribution in [-0.2, 0) is 14.8 Å². The quantitative estimate of drug-likeness (QED) is 0.299. The molecule has 1 aliphatic heterocycles. The highest BCUT2D eigenvalue weighted by Gasteiger charge is 2.36. The number of nitrogens with one attached hydrogen (secondary N) is 2. The van der Waals surface area contributed by atoms with E-state index in [2.05, 4.69) is 28.9 Å². The molecule has 5 rings (SSSR count). The first kappa shape index (κ1) is 35.1. The SMILES string of the molecule is Cc1cccc(C)c1-c1nc2nc(c1C)OC[C@@H](CC(C)C)N(C1CCC(NC(=O)OC(C)C)CC1)C(=O)c1cccc(c1)S(=O)(=O)N2. The number of aromatic nitrogens is 2. The number of hydrogen-bond donors (Lipinski definition) is 2. The van der Waals surface area contributed by atoms with Gasteiger partial charge in [0.05, 0.1) is 22.7 Å². The summed E-state index contributed by atoms with van der Waals surface area (Å²) in [6, 6.07) is 11.5. The molecule has 1 fully saturated rings. The number of alkyl carbamates (subject to hydrolysis) is 1. The Morgan fingerprint density at radius 3 is 2.33 bits per heavy atom. The van der Waals surface area contributed by atoms with Crippen molar-refractivity contribution in [2.24, 2.45) is 5.92 Å². The van der Waals surface area contributed by atoms with Crippen LogP contribution in [0.5, 0.6) is 5.88 Å². The summed E-state index contributed by atoms with van der Waals surface area (Å²) in [6.45, 7) is 13.8. The number of amides is 2. The van der Waals surface area contributed by atoms with Crippen molar-refractivity contribution in [3.8, 4) is 17.1 Å². The highest BCUT2D eigenvalue weighted by molar-refractivity contribution is 7.92. The average molecular weight is 678 g/mol. The molecular weight excluding hydrogens is 630 g/mol. The van der Waals surface area contributed by atoms with Gasteiger partial charge in [-0.05, 0) is 102 Å². The van der Waals surface area contributed by atoms with Gasteiger partial charge in [0, 0.05) is 28.8 Å². The zero-order valence-electron chi connectivity index (χ0n) is 28.9. The second kappa shape index (κ2) is 14.5. The summed E-state index contributed by atoms with van der Waals surface area (Å²) in [4.78, 5) is 37.9. The molecule has 48 heavy (non-hydrogen) atoms. The minimum Gasteiger partial charge on any atom is -0.475 e. The predicted molar refractivity (Wildman–Crippen MR) is 185 cm³/mol. The van der Waals surface area contributed by atoms with Gasteiger partial charge in [-0.25, -0.2) is 22.9 Å². The molecule has 1 aliphatic carbocycles. The molecule has 3 aromatic rings. The van der Waals surface area contributed by atoms with Gasteiger partial charge < -0.3 is 19.7 Å². The third-order valence-corrected chi connectivity index (χ3v) is 10.3. The number of nitrogens with zero attached hydrogens (tertiary/aromatic N) is 3. The zero-order valence-corrected chi connectivity index (χ0v) is 29.7. The summed E-state index contributed by atoms with van der Waals surface area (Å²) < 4.78 is 41.8. The van der Waals surface area contributed by atoms with E-state index in [0.29, 0.717) is 43.4 Å². The van der Waals surface area contributed by atoms with E-state index in [-0.39, 0.29) is 64.9 Å². The predicted octanol–water partition coefficient (Wildman–Crippen LogP) is 6.56. The second-order valence-corrected chi connectivity index (χ2v) is 15.3. The monoisotopic (exact) mass is 677 g/mol. The van der Waals surface area contributed by atoms with Crippen molar-refractivity contribution in [1.82, 2.24) is 20.2 Å². The molecule has 0 spiro atoms. The maximum absolute atomic E-state index is 14.5. The highest BCUT2D eigenvalue weighted by Crippen LogP contribution is 2.35. The largest absolute Gasteiger partial charge is 0.475 e. The van der Waals surface area contributed by atoms with Crippen LogP contribution in [0.3, 0.4) is 0 Å². The first-order chi connectivity index (χ1) is 22.7. The Hall–Kier alpha value is -4.19. The van der Waals surface area contributed by atoms with Gasteiger partial charge in [0.1, 0.15) is 6.61 Å². The highest BCUT2D eigenvalue weighted by atomic mass is 32.2. The van der Waals surface area contributed by atoms with Crippen molar-refractivity contribution < 1.29 is 27.5 Å². The van der Waals surface area contributed by atoms with Crippen LogP contribution < -0.4 is 14.8 Å². The number of carbonyl (C=O) groups excluding carboxylic acids is 2. The van der Waals surface area contributed by atoms with Gasteiger partial charge in [0.15, 0.2) is 0 Å². The number of fused-ring (bicyclic) bond motifs is 4. The van der Waals surface area contributed by atoms with Gasteiger partial charge in [-0.3, -0.25) is 4.79 Å². The zero-order chi connectivity index (χ0) is 34.7. The molecular formula is C36H47N5O6S. The first-order valence-electron chi connectivity index (χ1n) is 16.7. The summed E-state index contributed by atoms with van der Waals surface area (Å²) in [5.41, 5.74) is 4.37. The molecule has 1 aromatic heterocycles. The molecule has 2 aromatic carbocycles. The lowest BCUT2D eigenvalue weighted by atomic mass is 9.88. The van der Waals surface area contributed by atoms with E-state index in [1.54, 1.807) is 12.1 Å². The van der Waals surface area contributed by atoms with Crippen LogP contribution in [0.1, 0.15) is 86.8 Å². The first-order valence-corrected chi connectivity index (χ1v) is 18.2. The average Bonchev–Trinajstić information content (AvgIpc) is 3.01. The summed E-state index contributed by atoms with van der Waals surface area (Å²) in [6.07, 6.45) is 2.64. The Kier molecular flexibility index (Phi) is 10.6. The Labute approximate surface area is 283 Å². The van der Waals surface area contributed by atoms with E-state index in [9.17, 15) is 18.0 Å². The van der Waals surface area contributed by atoms with Gasteiger partial charge >= 0.3 is 6.09 Å². The molecule has 0 saturated heterocycles. The number of carbonyl (C=O) groups is 2. The number of benzene rings is 2. The molecule has 2 aliphatic rings. The van der Waals surface area contributed by atoms with Gasteiger partial charge in [-0.1, -0.05) is 38.1 Å². The number of aryl methyl sites for hydroxylation is 2. The second-order valence-electron chi connectivity index (χ2n) is 13.6. The lowest BCUT2D eigenvalue weighted by Gasteiger charge is -2.42. The van der Waals surface area contributed by atoms with Crippen LogP contribution >= 0.6 is 0 Å². The normalized spacial score (nSPS) is 21.0. The minimum absolute atomic E-state index is 0.0650. The molecule has 12 heteroatoms. The third kappa shape index (κ3) is 7.91. The van der Waals surface area contributed by atoms with Crippen molar-refractivity contribution in [3.63, 3.8) is 0 Å². The number of hydrogen-bond acceptors (Lipinski definition) is 8. The Bertz CT molecular complexity index is 1750. The van der Waals surface area contributed by atoms with Crippen LogP contribution in [0.15, 0.2) is 47.4 Å². The molecule has 2 amide bonds. The van der Waals surface area contributed by atoms with E-state index < -0.39 is 16.1 Å². The Morgan fingerprint density at radius 2 is 1.69 bits per heavy atom. The van der Waals surface area contributed by atoms with Crippen molar-refractivity contribution in [1.29, 1.82) is 0 Å². The van der Waals surface area contributed by atoms with Crippen LogP contribution in [0.25, 0.3) is 11.3 Å². The van der Waals surface area contributed by atoms with Gasteiger partial charge in [0.2, 0.25) is 11.8 Å². The Morgan fingerprint density at radius 1 is 1.02 bits per heavy atom. The fourth-order valence-corrected chi connectivity index (χ4v) is 7.75. The van der Waals surface area contributed by atoms with Crippen molar-refractivity contribution >= 4 is 28.0 Å². The molecule has 2 heterocycles. The van der Waals surface area contributed by atoms with Gasteiger partial charge in [-0.2, -0.15) is 4.98 Å². The van der Waals surface area contributed by atoms with E-state index >= 15 is 0 Å². The maximum atomic E-state index is 14.5.